The minimum Gasteiger partial charge on any atom is -0.445 e. The molecule has 3 saturated carbocycles. The van der Waals surface area contributed by atoms with Crippen LogP contribution in [0.4, 0.5) is 15.3 Å². The number of carbonyl (C=O) groups excluding carboxylic acids is 4. The van der Waals surface area contributed by atoms with Gasteiger partial charge in [-0.2, -0.15) is 0 Å². The molecule has 10 nitrogen and oxygen atoms in total. The van der Waals surface area contributed by atoms with Gasteiger partial charge in [-0.15, -0.1) is 0 Å². The zero-order chi connectivity index (χ0) is 32.4. The largest absolute Gasteiger partial charge is 0.445 e. The third-order valence-corrected chi connectivity index (χ3v) is 9.34. The summed E-state index contributed by atoms with van der Waals surface area (Å²) >= 11 is 0. The highest BCUT2D eigenvalue weighted by molar-refractivity contribution is 5.97. The van der Waals surface area contributed by atoms with Crippen LogP contribution in [0.2, 0.25) is 0 Å². The summed E-state index contributed by atoms with van der Waals surface area (Å²) in [7, 11) is 0. The van der Waals surface area contributed by atoms with E-state index >= 15 is 0 Å². The predicted octanol–water partition coefficient (Wildman–Crippen LogP) is 5.76. The lowest BCUT2D eigenvalue weighted by Crippen LogP contribution is -2.50. The minimum atomic E-state index is -0.680. The number of ether oxygens (including phenoxy) is 2. The third kappa shape index (κ3) is 8.39. The van der Waals surface area contributed by atoms with Crippen molar-refractivity contribution in [1.29, 1.82) is 0 Å². The maximum Gasteiger partial charge on any atom is 0.408 e. The van der Waals surface area contributed by atoms with Crippen LogP contribution in [0.25, 0.3) is 0 Å². The second-order valence-electron chi connectivity index (χ2n) is 14.4. The molecule has 4 aliphatic rings. The molecule has 246 valence electrons. The van der Waals surface area contributed by atoms with Gasteiger partial charge in [0.05, 0.1) is 6.04 Å². The Kier molecular flexibility index (Phi) is 9.25. The van der Waals surface area contributed by atoms with E-state index in [1.807, 2.05) is 48.5 Å². The van der Waals surface area contributed by atoms with Crippen molar-refractivity contribution < 1.29 is 28.7 Å². The molecular formula is C36H46N4O6. The SMILES string of the molecule is CC(C)(C)OC(=O)N[C@@H](C(=O)N[C@@H]1CCc2cc(NC(=O)[C@@H](NC(=O)OCc3ccccc3)C(C3CC3)C3CC3)ccc21)C1CC1. The Morgan fingerprint density at radius 1 is 0.804 bits per heavy atom. The molecule has 4 aliphatic carbocycles. The Balaban J connectivity index is 1.08. The van der Waals surface area contributed by atoms with Crippen molar-refractivity contribution in [3.63, 3.8) is 0 Å². The van der Waals surface area contributed by atoms with Crippen LogP contribution in [0.1, 0.15) is 88.4 Å². The van der Waals surface area contributed by atoms with E-state index < -0.39 is 29.9 Å². The van der Waals surface area contributed by atoms with Crippen LogP contribution in [0.15, 0.2) is 48.5 Å². The van der Waals surface area contributed by atoms with Crippen LogP contribution in [0.3, 0.4) is 0 Å². The van der Waals surface area contributed by atoms with Crippen molar-refractivity contribution in [2.45, 2.75) is 102 Å². The van der Waals surface area contributed by atoms with Crippen molar-refractivity contribution in [1.82, 2.24) is 16.0 Å². The summed E-state index contributed by atoms with van der Waals surface area (Å²) in [5.74, 6) is 0.634. The summed E-state index contributed by atoms with van der Waals surface area (Å²) in [6.07, 6.45) is 6.38. The van der Waals surface area contributed by atoms with Gasteiger partial charge in [-0.1, -0.05) is 36.4 Å². The molecule has 0 unspecified atom stereocenters. The molecule has 0 bridgehead atoms. The molecule has 0 heterocycles. The number of fused-ring (bicyclic) bond motifs is 1. The maximum absolute atomic E-state index is 13.8. The van der Waals surface area contributed by atoms with Crippen LogP contribution in [0.5, 0.6) is 0 Å². The first-order valence-electron chi connectivity index (χ1n) is 16.7. The fourth-order valence-electron chi connectivity index (χ4n) is 6.71. The summed E-state index contributed by atoms with van der Waals surface area (Å²) in [6, 6.07) is 13.8. The lowest BCUT2D eigenvalue weighted by Gasteiger charge is -2.27. The van der Waals surface area contributed by atoms with E-state index in [1.165, 1.54) is 0 Å². The fourth-order valence-corrected chi connectivity index (χ4v) is 6.71. The number of hydrogen-bond donors (Lipinski definition) is 4. The van der Waals surface area contributed by atoms with E-state index in [2.05, 4.69) is 21.3 Å². The summed E-state index contributed by atoms with van der Waals surface area (Å²) in [5.41, 5.74) is 2.96. The first kappa shape index (κ1) is 31.9. The van der Waals surface area contributed by atoms with Crippen LogP contribution >= 0.6 is 0 Å². The average Bonchev–Trinajstić information content (AvgIpc) is 3.87. The van der Waals surface area contributed by atoms with Crippen molar-refractivity contribution in [2.24, 2.45) is 23.7 Å². The quantitative estimate of drug-likeness (QED) is 0.236. The van der Waals surface area contributed by atoms with Gasteiger partial charge >= 0.3 is 12.2 Å². The Hall–Kier alpha value is -4.08. The molecule has 46 heavy (non-hydrogen) atoms. The number of alkyl carbamates (subject to hydrolysis) is 2. The van der Waals surface area contributed by atoms with Gasteiger partial charge in [0.1, 0.15) is 24.3 Å². The number of aryl methyl sites for hydroxylation is 1. The van der Waals surface area contributed by atoms with E-state index in [0.717, 1.165) is 68.1 Å². The van der Waals surface area contributed by atoms with E-state index in [-0.39, 0.29) is 36.3 Å². The summed E-state index contributed by atoms with van der Waals surface area (Å²) in [4.78, 5) is 52.4. The molecule has 0 radical (unpaired) electrons. The lowest BCUT2D eigenvalue weighted by molar-refractivity contribution is -0.124. The van der Waals surface area contributed by atoms with Gasteiger partial charge in [-0.3, -0.25) is 9.59 Å². The average molecular weight is 631 g/mol. The molecule has 10 heteroatoms. The molecule has 3 atom stereocenters. The van der Waals surface area contributed by atoms with E-state index in [0.29, 0.717) is 17.5 Å². The van der Waals surface area contributed by atoms with E-state index in [9.17, 15) is 19.2 Å². The standard InChI is InChI=1S/C36H46N4O6/c1-36(2,3)46-35(44)39-30(24-13-14-24)32(41)38-28-18-15-25-19-26(16-17-27(25)28)37-33(42)31(29(22-9-10-22)23-11-12-23)40-34(43)45-20-21-7-5-4-6-8-21/h4-8,16-17,19,22-24,28-31H,9-15,18,20H2,1-3H3,(H,37,42)(H,38,41)(H,39,44)(H,40,43)/t28-,30-,31+/m1/s1. The smallest absolute Gasteiger partial charge is 0.408 e. The Bertz CT molecular complexity index is 1430. The highest BCUT2D eigenvalue weighted by Gasteiger charge is 2.48. The number of amides is 4. The number of benzene rings is 2. The number of rotatable bonds is 12. The molecule has 2 aromatic rings. The first-order valence-corrected chi connectivity index (χ1v) is 16.7. The van der Waals surface area contributed by atoms with Crippen LogP contribution < -0.4 is 21.3 Å². The highest BCUT2D eigenvalue weighted by Crippen LogP contribution is 2.51. The van der Waals surface area contributed by atoms with Crippen LogP contribution in [0, 0.1) is 23.7 Å². The van der Waals surface area contributed by atoms with E-state index in [4.69, 9.17) is 9.47 Å². The predicted molar refractivity (Wildman–Crippen MR) is 173 cm³/mol. The summed E-state index contributed by atoms with van der Waals surface area (Å²) in [6.45, 7) is 5.52. The summed E-state index contributed by atoms with van der Waals surface area (Å²) < 4.78 is 10.9. The molecular weight excluding hydrogens is 584 g/mol. The molecule has 0 aromatic heterocycles. The van der Waals surface area contributed by atoms with Crippen molar-refractivity contribution in [2.75, 3.05) is 5.32 Å². The van der Waals surface area contributed by atoms with Crippen molar-refractivity contribution in [3.05, 3.63) is 65.2 Å². The second kappa shape index (κ2) is 13.3. The molecule has 0 aliphatic heterocycles. The van der Waals surface area contributed by atoms with Gasteiger partial charge in [0, 0.05) is 5.69 Å². The molecule has 0 saturated heterocycles. The second-order valence-corrected chi connectivity index (χ2v) is 14.4. The number of nitrogens with one attached hydrogen (secondary N) is 4. The van der Waals surface area contributed by atoms with Crippen LogP contribution in [-0.2, 0) is 32.1 Å². The number of anilines is 1. The Morgan fingerprint density at radius 2 is 1.48 bits per heavy atom. The molecule has 4 amide bonds. The van der Waals surface area contributed by atoms with Gasteiger partial charge in [0.2, 0.25) is 11.8 Å². The van der Waals surface area contributed by atoms with Gasteiger partial charge in [-0.05, 0) is 125 Å². The topological polar surface area (TPSA) is 135 Å². The van der Waals surface area contributed by atoms with Crippen molar-refractivity contribution >= 4 is 29.7 Å². The first-order chi connectivity index (χ1) is 22.0. The van der Waals surface area contributed by atoms with Crippen molar-refractivity contribution in [3.8, 4) is 0 Å². The zero-order valence-corrected chi connectivity index (χ0v) is 27.0. The van der Waals surface area contributed by atoms with Gasteiger partial charge < -0.3 is 30.7 Å². The van der Waals surface area contributed by atoms with Gasteiger partial charge in [0.15, 0.2) is 0 Å². The lowest BCUT2D eigenvalue weighted by atomic mass is 9.88. The molecule has 0 spiro atoms. The fraction of sp³-hybridized carbons (Fsp3) is 0.556. The molecule has 6 rings (SSSR count). The molecule has 3 fully saturated rings. The normalized spacial score (nSPS) is 20.2. The highest BCUT2D eigenvalue weighted by atomic mass is 16.6. The van der Waals surface area contributed by atoms with Gasteiger partial charge in [-0.25, -0.2) is 9.59 Å². The minimum absolute atomic E-state index is 0.0898. The Labute approximate surface area is 270 Å². The van der Waals surface area contributed by atoms with Gasteiger partial charge in [0.25, 0.3) is 0 Å². The molecule has 2 aromatic carbocycles. The number of hydrogen-bond acceptors (Lipinski definition) is 6. The Morgan fingerprint density at radius 3 is 2.11 bits per heavy atom. The zero-order valence-electron chi connectivity index (χ0n) is 27.0. The maximum atomic E-state index is 13.8. The summed E-state index contributed by atoms with van der Waals surface area (Å²) in [5, 5.41) is 11.9. The molecule has 4 N–H and O–H groups in total. The monoisotopic (exact) mass is 630 g/mol. The number of carbonyl (C=O) groups is 4. The third-order valence-electron chi connectivity index (χ3n) is 9.34. The van der Waals surface area contributed by atoms with E-state index in [1.54, 1.807) is 20.8 Å². The van der Waals surface area contributed by atoms with Crippen LogP contribution in [-0.4, -0.2) is 41.7 Å².